The van der Waals surface area contributed by atoms with Gasteiger partial charge in [0.05, 0.1) is 17.1 Å². The number of fused-ring (bicyclic) bond motifs is 1. The molecule has 0 fully saturated rings. The molecule has 6 heteroatoms. The summed E-state index contributed by atoms with van der Waals surface area (Å²) in [5, 5.41) is 10.9. The molecule has 1 atom stereocenters. The van der Waals surface area contributed by atoms with Crippen LogP contribution in [0.15, 0.2) is 41.3 Å². The molecule has 1 aliphatic carbocycles. The van der Waals surface area contributed by atoms with E-state index in [9.17, 15) is 13.5 Å². The Bertz CT molecular complexity index is 916. The molecule has 27 heavy (non-hydrogen) atoms. The summed E-state index contributed by atoms with van der Waals surface area (Å²) >= 11 is 0. The molecule has 5 nitrogen and oxygen atoms in total. The molecule has 0 spiro atoms. The van der Waals surface area contributed by atoms with Crippen molar-refractivity contribution in [1.29, 1.82) is 0 Å². The van der Waals surface area contributed by atoms with E-state index in [1.54, 1.807) is 12.1 Å². The van der Waals surface area contributed by atoms with Crippen LogP contribution in [0, 0.1) is 13.8 Å². The Labute approximate surface area is 161 Å². The summed E-state index contributed by atoms with van der Waals surface area (Å²) in [6, 6.07) is 11.2. The zero-order valence-corrected chi connectivity index (χ0v) is 16.9. The van der Waals surface area contributed by atoms with E-state index >= 15 is 0 Å². The first kappa shape index (κ1) is 19.9. The molecule has 2 aromatic rings. The lowest BCUT2D eigenvalue weighted by molar-refractivity contribution is 0.0317. The van der Waals surface area contributed by atoms with Gasteiger partial charge in [0.2, 0.25) is 10.0 Å². The van der Waals surface area contributed by atoms with E-state index in [2.05, 4.69) is 10.8 Å². The highest BCUT2D eigenvalue weighted by Crippen LogP contribution is 2.30. The summed E-state index contributed by atoms with van der Waals surface area (Å²) in [6.07, 6.45) is 1.73. The smallest absolute Gasteiger partial charge is 0.240 e. The standard InChI is InChI=1S/C21H27NO4S/c1-4-26-20-15(2)11-19(12-16(20)3)27(24,25)22-14-21(23)10-9-17-7-5-6-8-18(17)13-21/h5-8,11-12,22-23H,4,9-10,13-14H2,1-3H3. The van der Waals surface area contributed by atoms with Crippen molar-refractivity contribution in [1.82, 2.24) is 4.72 Å². The number of ether oxygens (including phenoxy) is 1. The van der Waals surface area contributed by atoms with Gasteiger partial charge in [-0.25, -0.2) is 13.1 Å². The van der Waals surface area contributed by atoms with Crippen molar-refractivity contribution in [3.63, 3.8) is 0 Å². The summed E-state index contributed by atoms with van der Waals surface area (Å²) < 4.78 is 33.7. The first-order valence-electron chi connectivity index (χ1n) is 9.27. The first-order chi connectivity index (χ1) is 12.7. The minimum absolute atomic E-state index is 0.00499. The highest BCUT2D eigenvalue weighted by Gasteiger charge is 2.33. The molecule has 1 unspecified atom stereocenters. The SMILES string of the molecule is CCOc1c(C)cc(S(=O)(=O)NCC2(O)CCc3ccccc3C2)cc1C. The number of rotatable bonds is 6. The molecule has 0 bridgehead atoms. The zero-order valence-electron chi connectivity index (χ0n) is 16.1. The maximum atomic E-state index is 12.8. The van der Waals surface area contributed by atoms with E-state index in [1.807, 2.05) is 39.0 Å². The van der Waals surface area contributed by atoms with Gasteiger partial charge in [-0.1, -0.05) is 24.3 Å². The van der Waals surface area contributed by atoms with Crippen LogP contribution in [0.25, 0.3) is 0 Å². The number of aryl methyl sites for hydroxylation is 3. The number of aliphatic hydroxyl groups is 1. The van der Waals surface area contributed by atoms with Gasteiger partial charge in [0.1, 0.15) is 5.75 Å². The Morgan fingerprint density at radius 2 is 1.78 bits per heavy atom. The molecule has 0 aromatic heterocycles. The van der Waals surface area contributed by atoms with Crippen LogP contribution in [0.5, 0.6) is 5.75 Å². The Morgan fingerprint density at radius 1 is 1.15 bits per heavy atom. The van der Waals surface area contributed by atoms with Crippen LogP contribution in [0.4, 0.5) is 0 Å². The monoisotopic (exact) mass is 389 g/mol. The highest BCUT2D eigenvalue weighted by molar-refractivity contribution is 7.89. The van der Waals surface area contributed by atoms with Crippen molar-refractivity contribution in [2.45, 2.75) is 50.5 Å². The normalized spacial score (nSPS) is 19.6. The van der Waals surface area contributed by atoms with Crippen molar-refractivity contribution >= 4 is 10.0 Å². The fraction of sp³-hybridized carbons (Fsp3) is 0.429. The minimum Gasteiger partial charge on any atom is -0.493 e. The molecular weight excluding hydrogens is 362 g/mol. The molecule has 0 amide bonds. The summed E-state index contributed by atoms with van der Waals surface area (Å²) in [7, 11) is -3.72. The van der Waals surface area contributed by atoms with Gasteiger partial charge in [-0.05, 0) is 68.0 Å². The van der Waals surface area contributed by atoms with Crippen LogP contribution in [-0.4, -0.2) is 32.3 Å². The van der Waals surface area contributed by atoms with E-state index in [0.29, 0.717) is 19.4 Å². The fourth-order valence-electron chi connectivity index (χ4n) is 3.69. The third-order valence-corrected chi connectivity index (χ3v) is 6.50. The van der Waals surface area contributed by atoms with Gasteiger partial charge in [0.15, 0.2) is 0 Å². The summed E-state index contributed by atoms with van der Waals surface area (Å²) in [5.74, 6) is 0.721. The van der Waals surface area contributed by atoms with E-state index in [4.69, 9.17) is 4.74 Å². The van der Waals surface area contributed by atoms with E-state index in [-0.39, 0.29) is 11.4 Å². The summed E-state index contributed by atoms with van der Waals surface area (Å²) in [6.45, 7) is 6.09. The van der Waals surface area contributed by atoms with E-state index < -0.39 is 15.6 Å². The van der Waals surface area contributed by atoms with Crippen molar-refractivity contribution in [3.05, 3.63) is 58.7 Å². The van der Waals surface area contributed by atoms with Gasteiger partial charge in [0, 0.05) is 13.0 Å². The second kappa shape index (κ2) is 7.62. The molecule has 0 radical (unpaired) electrons. The van der Waals surface area contributed by atoms with Crippen molar-refractivity contribution < 1.29 is 18.3 Å². The summed E-state index contributed by atoms with van der Waals surface area (Å²) in [4.78, 5) is 0.195. The second-order valence-corrected chi connectivity index (χ2v) is 9.08. The fourth-order valence-corrected chi connectivity index (χ4v) is 4.97. The van der Waals surface area contributed by atoms with E-state index in [1.165, 1.54) is 5.56 Å². The molecule has 146 valence electrons. The lowest BCUT2D eigenvalue weighted by atomic mass is 9.80. The number of sulfonamides is 1. The zero-order chi connectivity index (χ0) is 19.7. The predicted octanol–water partition coefficient (Wildman–Crippen LogP) is 2.90. The largest absolute Gasteiger partial charge is 0.493 e. The predicted molar refractivity (Wildman–Crippen MR) is 106 cm³/mol. The van der Waals surface area contributed by atoms with Crippen LogP contribution in [-0.2, 0) is 22.9 Å². The molecule has 2 N–H and O–H groups in total. The van der Waals surface area contributed by atoms with Gasteiger partial charge >= 0.3 is 0 Å². The van der Waals surface area contributed by atoms with Crippen LogP contribution in [0.1, 0.15) is 35.6 Å². The third-order valence-electron chi connectivity index (χ3n) is 5.12. The lowest BCUT2D eigenvalue weighted by Gasteiger charge is -2.33. The summed E-state index contributed by atoms with van der Waals surface area (Å²) in [5.41, 5.74) is 2.79. The molecule has 0 heterocycles. The quantitative estimate of drug-likeness (QED) is 0.797. The maximum absolute atomic E-state index is 12.8. The number of nitrogens with one attached hydrogen (secondary N) is 1. The average molecular weight is 390 g/mol. The average Bonchev–Trinajstić information content (AvgIpc) is 2.63. The van der Waals surface area contributed by atoms with Gasteiger partial charge in [-0.3, -0.25) is 0 Å². The van der Waals surface area contributed by atoms with Crippen molar-refractivity contribution in [2.24, 2.45) is 0 Å². The Hall–Kier alpha value is -1.89. The number of hydrogen-bond donors (Lipinski definition) is 2. The molecule has 1 aliphatic rings. The van der Waals surface area contributed by atoms with Crippen LogP contribution < -0.4 is 9.46 Å². The lowest BCUT2D eigenvalue weighted by Crippen LogP contribution is -2.46. The van der Waals surface area contributed by atoms with Gasteiger partial charge in [0.25, 0.3) is 0 Å². The molecule has 0 saturated heterocycles. The molecule has 2 aromatic carbocycles. The molecule has 0 saturated carbocycles. The Balaban J connectivity index is 1.76. The van der Waals surface area contributed by atoms with E-state index in [0.717, 1.165) is 28.9 Å². The van der Waals surface area contributed by atoms with Gasteiger partial charge in [-0.15, -0.1) is 0 Å². The van der Waals surface area contributed by atoms with Crippen LogP contribution in [0.3, 0.4) is 0 Å². The topological polar surface area (TPSA) is 75.6 Å². The van der Waals surface area contributed by atoms with Crippen LogP contribution >= 0.6 is 0 Å². The maximum Gasteiger partial charge on any atom is 0.240 e. The Kier molecular flexibility index (Phi) is 5.60. The van der Waals surface area contributed by atoms with Gasteiger partial charge < -0.3 is 9.84 Å². The Morgan fingerprint density at radius 3 is 2.41 bits per heavy atom. The number of benzene rings is 2. The minimum atomic E-state index is -3.72. The first-order valence-corrected chi connectivity index (χ1v) is 10.8. The molecule has 0 aliphatic heterocycles. The third kappa shape index (κ3) is 4.34. The van der Waals surface area contributed by atoms with Crippen LogP contribution in [0.2, 0.25) is 0 Å². The van der Waals surface area contributed by atoms with Crippen molar-refractivity contribution in [2.75, 3.05) is 13.2 Å². The molecule has 3 rings (SSSR count). The molecular formula is C21H27NO4S. The number of hydrogen-bond acceptors (Lipinski definition) is 4. The van der Waals surface area contributed by atoms with Gasteiger partial charge in [-0.2, -0.15) is 0 Å². The second-order valence-electron chi connectivity index (χ2n) is 7.31. The highest BCUT2D eigenvalue weighted by atomic mass is 32.2. The van der Waals surface area contributed by atoms with Crippen molar-refractivity contribution in [3.8, 4) is 5.75 Å².